The number of hydrogen-bond acceptors (Lipinski definition) is 5. The van der Waals surface area contributed by atoms with Crippen molar-refractivity contribution in [1.82, 2.24) is 9.78 Å². The molecule has 0 fully saturated rings. The molecule has 0 N–H and O–H groups in total. The lowest BCUT2D eigenvalue weighted by Crippen LogP contribution is -2.27. The maximum Gasteiger partial charge on any atom is 0.284 e. The van der Waals surface area contributed by atoms with Gasteiger partial charge in [-0.05, 0) is 18.2 Å². The second-order valence-electron chi connectivity index (χ2n) is 4.31. The molecule has 1 aromatic heterocycles. The molecule has 108 valence electrons. The average Bonchev–Trinajstić information content (AvgIpc) is 2.54. The lowest BCUT2D eigenvalue weighted by molar-refractivity contribution is 0.182. The van der Waals surface area contributed by atoms with Crippen molar-refractivity contribution in [3.05, 3.63) is 46.2 Å². The van der Waals surface area contributed by atoms with Gasteiger partial charge in [-0.1, -0.05) is 12.1 Å². The fourth-order valence-electron chi connectivity index (χ4n) is 1.87. The van der Waals surface area contributed by atoms with Gasteiger partial charge in [0.1, 0.15) is 17.4 Å². The molecule has 2 rings (SSSR count). The van der Waals surface area contributed by atoms with E-state index >= 15 is 0 Å². The molecule has 1 aromatic carbocycles. The minimum absolute atomic E-state index is 0.0546. The van der Waals surface area contributed by atoms with E-state index in [0.717, 1.165) is 5.56 Å². The van der Waals surface area contributed by atoms with E-state index in [1.165, 1.54) is 10.7 Å². The lowest BCUT2D eigenvalue weighted by Gasteiger charge is -2.08. The van der Waals surface area contributed by atoms with Gasteiger partial charge >= 0.3 is 0 Å². The Bertz CT molecular complexity index is 732. The molecule has 21 heavy (non-hydrogen) atoms. The van der Waals surface area contributed by atoms with Crippen LogP contribution in [0.25, 0.3) is 11.3 Å². The maximum atomic E-state index is 12.0. The smallest absolute Gasteiger partial charge is 0.284 e. The fraction of sp³-hybridized carbons (Fsp3) is 0.267. The highest BCUT2D eigenvalue weighted by Crippen LogP contribution is 2.21. The Morgan fingerprint density at radius 2 is 2.14 bits per heavy atom. The molecule has 0 amide bonds. The van der Waals surface area contributed by atoms with Crippen molar-refractivity contribution in [3.63, 3.8) is 0 Å². The van der Waals surface area contributed by atoms with E-state index in [4.69, 9.17) is 14.7 Å². The molecule has 0 spiro atoms. The Balaban J connectivity index is 2.53. The van der Waals surface area contributed by atoms with Crippen molar-refractivity contribution in [1.29, 1.82) is 5.26 Å². The summed E-state index contributed by atoms with van der Waals surface area (Å²) in [6.45, 7) is 0.640. The summed E-state index contributed by atoms with van der Waals surface area (Å²) < 4.78 is 11.4. The summed E-state index contributed by atoms with van der Waals surface area (Å²) in [6.07, 6.45) is 0. The molecule has 2 aromatic rings. The summed E-state index contributed by atoms with van der Waals surface area (Å²) in [7, 11) is 3.12. The van der Waals surface area contributed by atoms with Crippen LogP contribution in [-0.4, -0.2) is 30.6 Å². The van der Waals surface area contributed by atoms with Gasteiger partial charge in [0.25, 0.3) is 5.56 Å². The standard InChI is InChI=1S/C15H15N3O3/c1-20-7-6-18-15(19)12(10-16)9-14(17-18)11-4-3-5-13(8-11)21-2/h3-5,8-9H,6-7H2,1-2H3. The molecule has 6 heteroatoms. The first-order chi connectivity index (χ1) is 10.2. The van der Waals surface area contributed by atoms with Crippen LogP contribution < -0.4 is 10.3 Å². The van der Waals surface area contributed by atoms with Gasteiger partial charge in [-0.2, -0.15) is 10.4 Å². The molecular weight excluding hydrogens is 270 g/mol. The number of rotatable bonds is 5. The molecule has 0 aliphatic heterocycles. The van der Waals surface area contributed by atoms with E-state index in [-0.39, 0.29) is 5.56 Å². The van der Waals surface area contributed by atoms with Gasteiger partial charge in [-0.3, -0.25) is 4.79 Å². The zero-order valence-corrected chi connectivity index (χ0v) is 11.9. The van der Waals surface area contributed by atoms with Crippen LogP contribution in [0.4, 0.5) is 0 Å². The van der Waals surface area contributed by atoms with E-state index in [2.05, 4.69) is 5.10 Å². The van der Waals surface area contributed by atoms with Gasteiger partial charge in [-0.25, -0.2) is 4.68 Å². The molecule has 0 aliphatic carbocycles. The largest absolute Gasteiger partial charge is 0.497 e. The van der Waals surface area contributed by atoms with Crippen LogP contribution in [0.2, 0.25) is 0 Å². The SMILES string of the molecule is COCCn1nc(-c2cccc(OC)c2)cc(C#N)c1=O. The first-order valence-electron chi connectivity index (χ1n) is 6.35. The Morgan fingerprint density at radius 1 is 1.33 bits per heavy atom. The zero-order valence-electron chi connectivity index (χ0n) is 11.9. The number of methoxy groups -OCH3 is 2. The summed E-state index contributed by atoms with van der Waals surface area (Å²) in [5.74, 6) is 0.683. The highest BCUT2D eigenvalue weighted by atomic mass is 16.5. The summed E-state index contributed by atoms with van der Waals surface area (Å²) in [5.41, 5.74) is 0.957. The van der Waals surface area contributed by atoms with Crippen molar-refractivity contribution in [2.45, 2.75) is 6.54 Å². The molecule has 0 unspecified atom stereocenters. The molecular formula is C15H15N3O3. The van der Waals surface area contributed by atoms with Gasteiger partial charge in [0.2, 0.25) is 0 Å². The van der Waals surface area contributed by atoms with Crippen molar-refractivity contribution >= 4 is 0 Å². The molecule has 0 saturated heterocycles. The van der Waals surface area contributed by atoms with E-state index in [1.54, 1.807) is 20.3 Å². The first-order valence-corrected chi connectivity index (χ1v) is 6.35. The van der Waals surface area contributed by atoms with Crippen LogP contribution in [0.15, 0.2) is 35.1 Å². The fourth-order valence-corrected chi connectivity index (χ4v) is 1.87. The normalized spacial score (nSPS) is 10.1. The number of hydrogen-bond donors (Lipinski definition) is 0. The number of nitrogens with zero attached hydrogens (tertiary/aromatic N) is 3. The van der Waals surface area contributed by atoms with Gasteiger partial charge in [0, 0.05) is 12.7 Å². The highest BCUT2D eigenvalue weighted by Gasteiger charge is 2.10. The molecule has 6 nitrogen and oxygen atoms in total. The third-order valence-electron chi connectivity index (χ3n) is 2.97. The molecule has 0 atom stereocenters. The Labute approximate surface area is 122 Å². The van der Waals surface area contributed by atoms with E-state index in [0.29, 0.717) is 24.6 Å². The second kappa shape index (κ2) is 6.68. The minimum atomic E-state index is -0.416. The van der Waals surface area contributed by atoms with Crippen molar-refractivity contribution in [3.8, 4) is 23.1 Å². The van der Waals surface area contributed by atoms with E-state index < -0.39 is 5.56 Å². The molecule has 0 bridgehead atoms. The van der Waals surface area contributed by atoms with E-state index in [9.17, 15) is 4.79 Å². The van der Waals surface area contributed by atoms with Gasteiger partial charge in [0.15, 0.2) is 0 Å². The highest BCUT2D eigenvalue weighted by molar-refractivity contribution is 5.62. The minimum Gasteiger partial charge on any atom is -0.497 e. The van der Waals surface area contributed by atoms with Crippen LogP contribution in [0.3, 0.4) is 0 Å². The van der Waals surface area contributed by atoms with Crippen LogP contribution in [0, 0.1) is 11.3 Å². The molecule has 0 saturated carbocycles. The Hall–Kier alpha value is -2.65. The number of nitriles is 1. The molecule has 0 radical (unpaired) electrons. The topological polar surface area (TPSA) is 77.1 Å². The van der Waals surface area contributed by atoms with Crippen LogP contribution in [0.5, 0.6) is 5.75 Å². The van der Waals surface area contributed by atoms with E-state index in [1.807, 2.05) is 24.3 Å². The van der Waals surface area contributed by atoms with Crippen molar-refractivity contribution < 1.29 is 9.47 Å². The number of ether oxygens (including phenoxy) is 2. The second-order valence-corrected chi connectivity index (χ2v) is 4.31. The summed E-state index contributed by atoms with van der Waals surface area (Å²) >= 11 is 0. The Morgan fingerprint density at radius 3 is 2.81 bits per heavy atom. The predicted molar refractivity (Wildman–Crippen MR) is 77.1 cm³/mol. The van der Waals surface area contributed by atoms with Gasteiger partial charge in [0.05, 0.1) is 26.0 Å². The summed E-state index contributed by atoms with van der Waals surface area (Å²) in [6, 6.07) is 10.7. The van der Waals surface area contributed by atoms with Gasteiger partial charge in [-0.15, -0.1) is 0 Å². The summed E-state index contributed by atoms with van der Waals surface area (Å²) in [4.78, 5) is 12.0. The lowest BCUT2D eigenvalue weighted by atomic mass is 10.1. The van der Waals surface area contributed by atoms with Crippen LogP contribution in [0.1, 0.15) is 5.56 Å². The maximum absolute atomic E-state index is 12.0. The number of benzene rings is 1. The van der Waals surface area contributed by atoms with Crippen LogP contribution >= 0.6 is 0 Å². The zero-order chi connectivity index (χ0) is 15.2. The first kappa shape index (κ1) is 14.8. The van der Waals surface area contributed by atoms with Crippen molar-refractivity contribution in [2.75, 3.05) is 20.8 Å². The van der Waals surface area contributed by atoms with Crippen molar-refractivity contribution in [2.24, 2.45) is 0 Å². The van der Waals surface area contributed by atoms with Gasteiger partial charge < -0.3 is 9.47 Å². The predicted octanol–water partition coefficient (Wildman–Crippen LogP) is 1.44. The number of aromatic nitrogens is 2. The summed E-state index contributed by atoms with van der Waals surface area (Å²) in [5, 5.41) is 13.4. The monoisotopic (exact) mass is 285 g/mol. The molecule has 1 heterocycles. The third kappa shape index (κ3) is 3.27. The Kier molecular flexibility index (Phi) is 4.69. The van der Waals surface area contributed by atoms with Crippen LogP contribution in [-0.2, 0) is 11.3 Å². The average molecular weight is 285 g/mol. The third-order valence-corrected chi connectivity index (χ3v) is 2.97. The molecule has 0 aliphatic rings. The quantitative estimate of drug-likeness (QED) is 0.830.